The Morgan fingerprint density at radius 2 is 2.31 bits per heavy atom. The summed E-state index contributed by atoms with van der Waals surface area (Å²) in [6.45, 7) is 4.25. The fraction of sp³-hybridized carbons (Fsp3) is 0.778. The van der Waals surface area contributed by atoms with Crippen LogP contribution in [-0.2, 0) is 13.5 Å². The molecule has 74 valence electrons. The first-order chi connectivity index (χ1) is 6.13. The summed E-state index contributed by atoms with van der Waals surface area (Å²) in [5, 5.41) is 8.14. The molecule has 0 fully saturated rings. The van der Waals surface area contributed by atoms with E-state index in [0.29, 0.717) is 5.92 Å². The quantitative estimate of drug-likeness (QED) is 0.698. The summed E-state index contributed by atoms with van der Waals surface area (Å²) in [6, 6.07) is 0. The Bertz CT molecular complexity index is 259. The highest BCUT2D eigenvalue weighted by atomic mass is 35.5. The molecular formula is C9H16ClN3. The first-order valence-corrected chi connectivity index (χ1v) is 5.06. The van der Waals surface area contributed by atoms with E-state index in [9.17, 15) is 0 Å². The molecule has 0 bridgehead atoms. The lowest BCUT2D eigenvalue weighted by atomic mass is 10.0. The second-order valence-electron chi connectivity index (χ2n) is 3.49. The molecule has 1 heterocycles. The molecule has 0 saturated carbocycles. The molecule has 1 rings (SSSR count). The van der Waals surface area contributed by atoms with Gasteiger partial charge in [0, 0.05) is 18.6 Å². The first-order valence-electron chi connectivity index (χ1n) is 4.62. The zero-order valence-electron chi connectivity index (χ0n) is 8.37. The number of halogens is 1. The smallest absolute Gasteiger partial charge is 0.0830 e. The topological polar surface area (TPSA) is 30.7 Å². The molecule has 1 aromatic rings. The molecule has 2 unspecified atom stereocenters. The van der Waals surface area contributed by atoms with Crippen molar-refractivity contribution in [2.24, 2.45) is 13.0 Å². The first kappa shape index (κ1) is 10.5. The highest BCUT2D eigenvalue weighted by Gasteiger charge is 2.14. The van der Waals surface area contributed by atoms with Crippen molar-refractivity contribution in [3.8, 4) is 0 Å². The van der Waals surface area contributed by atoms with Crippen LogP contribution in [0.4, 0.5) is 0 Å². The normalized spacial score (nSPS) is 15.7. The maximum absolute atomic E-state index is 6.12. The van der Waals surface area contributed by atoms with Crippen LogP contribution in [-0.4, -0.2) is 20.4 Å². The van der Waals surface area contributed by atoms with Gasteiger partial charge < -0.3 is 0 Å². The Morgan fingerprint density at radius 3 is 2.77 bits per heavy atom. The Labute approximate surface area is 84.1 Å². The third-order valence-electron chi connectivity index (χ3n) is 2.19. The van der Waals surface area contributed by atoms with E-state index in [1.165, 1.54) is 0 Å². The summed E-state index contributed by atoms with van der Waals surface area (Å²) in [4.78, 5) is 0. The maximum atomic E-state index is 6.12. The van der Waals surface area contributed by atoms with E-state index in [2.05, 4.69) is 24.2 Å². The van der Waals surface area contributed by atoms with Crippen molar-refractivity contribution in [1.29, 1.82) is 0 Å². The van der Waals surface area contributed by atoms with Crippen LogP contribution in [0, 0.1) is 5.92 Å². The van der Waals surface area contributed by atoms with Gasteiger partial charge in [0.2, 0.25) is 0 Å². The van der Waals surface area contributed by atoms with Crippen molar-refractivity contribution in [2.45, 2.75) is 32.1 Å². The van der Waals surface area contributed by atoms with Crippen molar-refractivity contribution in [2.75, 3.05) is 0 Å². The largest absolute Gasteiger partial charge is 0.255 e. The van der Waals surface area contributed by atoms with Gasteiger partial charge in [-0.1, -0.05) is 19.1 Å². The minimum atomic E-state index is 0.238. The third kappa shape index (κ3) is 2.99. The van der Waals surface area contributed by atoms with Gasteiger partial charge in [0.15, 0.2) is 0 Å². The Balaban J connectivity index is 2.49. The second kappa shape index (κ2) is 4.61. The fourth-order valence-electron chi connectivity index (χ4n) is 1.35. The highest BCUT2D eigenvalue weighted by molar-refractivity contribution is 6.20. The summed E-state index contributed by atoms with van der Waals surface area (Å²) < 4.78 is 1.72. The van der Waals surface area contributed by atoms with E-state index in [-0.39, 0.29) is 5.38 Å². The summed E-state index contributed by atoms with van der Waals surface area (Å²) >= 11 is 6.12. The molecular weight excluding hydrogens is 186 g/mol. The van der Waals surface area contributed by atoms with Gasteiger partial charge in [-0.2, -0.15) is 0 Å². The number of rotatable bonds is 4. The van der Waals surface area contributed by atoms with E-state index in [0.717, 1.165) is 18.5 Å². The summed E-state index contributed by atoms with van der Waals surface area (Å²) in [6.07, 6.45) is 3.86. The summed E-state index contributed by atoms with van der Waals surface area (Å²) in [5.41, 5.74) is 1.02. The molecule has 0 aliphatic carbocycles. The minimum absolute atomic E-state index is 0.238. The molecule has 0 aliphatic rings. The predicted octanol–water partition coefficient (Wildman–Crippen LogP) is 2.01. The van der Waals surface area contributed by atoms with E-state index in [1.807, 2.05) is 13.2 Å². The molecule has 0 radical (unpaired) electrons. The van der Waals surface area contributed by atoms with Crippen LogP contribution in [0.2, 0.25) is 0 Å². The predicted molar refractivity (Wildman–Crippen MR) is 53.8 cm³/mol. The Morgan fingerprint density at radius 1 is 1.62 bits per heavy atom. The van der Waals surface area contributed by atoms with Crippen molar-refractivity contribution in [3.05, 3.63) is 11.9 Å². The van der Waals surface area contributed by atoms with Crippen LogP contribution in [0.25, 0.3) is 0 Å². The number of alkyl halides is 1. The lowest BCUT2D eigenvalue weighted by Gasteiger charge is -2.13. The molecule has 13 heavy (non-hydrogen) atoms. The van der Waals surface area contributed by atoms with Gasteiger partial charge in [0.1, 0.15) is 0 Å². The number of hydrogen-bond acceptors (Lipinski definition) is 2. The Kier molecular flexibility index (Phi) is 3.72. The minimum Gasteiger partial charge on any atom is -0.255 e. The Hall–Kier alpha value is -0.570. The molecule has 0 N–H and O–H groups in total. The lowest BCUT2D eigenvalue weighted by molar-refractivity contribution is 0.524. The van der Waals surface area contributed by atoms with Crippen molar-refractivity contribution < 1.29 is 0 Å². The van der Waals surface area contributed by atoms with Crippen LogP contribution >= 0.6 is 11.6 Å². The number of hydrogen-bond donors (Lipinski definition) is 0. The van der Waals surface area contributed by atoms with Crippen LogP contribution < -0.4 is 0 Å². The SMILES string of the molecule is CCC(Cl)C(C)Cc1cn(C)nn1. The van der Waals surface area contributed by atoms with Gasteiger partial charge in [0.05, 0.1) is 5.69 Å². The maximum Gasteiger partial charge on any atom is 0.0830 e. The highest BCUT2D eigenvalue weighted by Crippen LogP contribution is 2.17. The zero-order chi connectivity index (χ0) is 9.84. The van der Waals surface area contributed by atoms with Crippen molar-refractivity contribution in [1.82, 2.24) is 15.0 Å². The average molecular weight is 202 g/mol. The van der Waals surface area contributed by atoms with Gasteiger partial charge >= 0.3 is 0 Å². The van der Waals surface area contributed by atoms with E-state index in [4.69, 9.17) is 11.6 Å². The average Bonchev–Trinajstić information content (AvgIpc) is 2.49. The molecule has 0 saturated heterocycles. The number of aromatic nitrogens is 3. The zero-order valence-corrected chi connectivity index (χ0v) is 9.12. The molecule has 4 heteroatoms. The molecule has 1 aromatic heterocycles. The van der Waals surface area contributed by atoms with Gasteiger partial charge in [-0.15, -0.1) is 16.7 Å². The van der Waals surface area contributed by atoms with Crippen LogP contribution in [0.5, 0.6) is 0 Å². The second-order valence-corrected chi connectivity index (χ2v) is 4.05. The number of aryl methyl sites for hydroxylation is 1. The van der Waals surface area contributed by atoms with Gasteiger partial charge in [-0.05, 0) is 18.8 Å². The van der Waals surface area contributed by atoms with Crippen molar-refractivity contribution in [3.63, 3.8) is 0 Å². The molecule has 0 amide bonds. The fourth-order valence-corrected chi connectivity index (χ4v) is 1.44. The van der Waals surface area contributed by atoms with Crippen LogP contribution in [0.15, 0.2) is 6.20 Å². The van der Waals surface area contributed by atoms with Gasteiger partial charge in [-0.3, -0.25) is 4.68 Å². The van der Waals surface area contributed by atoms with E-state index in [1.54, 1.807) is 4.68 Å². The molecule has 2 atom stereocenters. The summed E-state index contributed by atoms with van der Waals surface area (Å²) in [7, 11) is 1.87. The summed E-state index contributed by atoms with van der Waals surface area (Å²) in [5.74, 6) is 0.461. The third-order valence-corrected chi connectivity index (χ3v) is 2.93. The molecule has 0 aromatic carbocycles. The van der Waals surface area contributed by atoms with Crippen LogP contribution in [0.1, 0.15) is 26.0 Å². The molecule has 0 aliphatic heterocycles. The molecule has 0 spiro atoms. The van der Waals surface area contributed by atoms with E-state index < -0.39 is 0 Å². The lowest BCUT2D eigenvalue weighted by Crippen LogP contribution is -2.13. The standard InChI is InChI=1S/C9H16ClN3/c1-4-9(10)7(2)5-8-6-13(3)12-11-8/h6-7,9H,4-5H2,1-3H3. The van der Waals surface area contributed by atoms with Gasteiger partial charge in [0.25, 0.3) is 0 Å². The van der Waals surface area contributed by atoms with Crippen LogP contribution in [0.3, 0.4) is 0 Å². The number of nitrogens with zero attached hydrogens (tertiary/aromatic N) is 3. The van der Waals surface area contributed by atoms with Crippen molar-refractivity contribution >= 4 is 11.6 Å². The van der Waals surface area contributed by atoms with E-state index >= 15 is 0 Å². The van der Waals surface area contributed by atoms with Gasteiger partial charge in [-0.25, -0.2) is 0 Å². The monoisotopic (exact) mass is 201 g/mol. The molecule has 3 nitrogen and oxygen atoms in total.